The zero-order valence-electron chi connectivity index (χ0n) is 18.8. The fourth-order valence-corrected chi connectivity index (χ4v) is 4.04. The topological polar surface area (TPSA) is 67.0 Å². The third kappa shape index (κ3) is 6.24. The molecule has 0 atom stereocenters. The van der Waals surface area contributed by atoms with Gasteiger partial charge < -0.3 is 15.0 Å². The van der Waals surface area contributed by atoms with Crippen LogP contribution < -0.4 is 5.32 Å². The number of nitrogens with one attached hydrogen (secondary N) is 2. The number of hydrogen-bond donors (Lipinski definition) is 2. The first-order chi connectivity index (χ1) is 16.7. The number of hydrogen-bond acceptors (Lipinski definition) is 4. The molecule has 0 saturated heterocycles. The van der Waals surface area contributed by atoms with E-state index >= 15 is 0 Å². The number of esters is 1. The Morgan fingerprint density at radius 1 is 1.03 bits per heavy atom. The minimum atomic E-state index is -4.38. The summed E-state index contributed by atoms with van der Waals surface area (Å²) in [7, 11) is 1.33. The molecule has 4 aromatic rings. The second kappa shape index (κ2) is 10.3. The van der Waals surface area contributed by atoms with Crippen LogP contribution in [-0.4, -0.2) is 28.0 Å². The Morgan fingerprint density at radius 2 is 1.77 bits per heavy atom. The molecule has 0 aliphatic heterocycles. The van der Waals surface area contributed by atoms with Crippen LogP contribution in [0.2, 0.25) is 0 Å². The number of aromatic amines is 1. The minimum Gasteiger partial charge on any atom is -0.464 e. The van der Waals surface area contributed by atoms with Crippen molar-refractivity contribution in [1.82, 2.24) is 9.97 Å². The first-order valence-electron chi connectivity index (χ1n) is 10.8. The molecule has 0 saturated carbocycles. The van der Waals surface area contributed by atoms with E-state index in [-0.39, 0.29) is 6.42 Å². The molecule has 180 valence electrons. The van der Waals surface area contributed by atoms with Crippen LogP contribution >= 0.6 is 12.2 Å². The lowest BCUT2D eigenvalue weighted by atomic mass is 10.0. The number of alkyl halides is 3. The van der Waals surface area contributed by atoms with E-state index in [0.717, 1.165) is 47.2 Å². The average Bonchev–Trinajstić information content (AvgIpc) is 3.25. The maximum absolute atomic E-state index is 12.9. The molecule has 9 heteroatoms. The van der Waals surface area contributed by atoms with Gasteiger partial charge in [0.15, 0.2) is 0 Å². The van der Waals surface area contributed by atoms with Gasteiger partial charge in [-0.3, -0.25) is 0 Å². The summed E-state index contributed by atoms with van der Waals surface area (Å²) in [4.78, 5) is 19.5. The summed E-state index contributed by atoms with van der Waals surface area (Å²) >= 11 is 5.38. The highest BCUT2D eigenvalue weighted by Gasteiger charge is 2.30. The van der Waals surface area contributed by atoms with Crippen LogP contribution in [0, 0.1) is 0 Å². The van der Waals surface area contributed by atoms with Gasteiger partial charge in [-0.25, -0.2) is 9.78 Å². The molecule has 2 N–H and O–H groups in total. The Labute approximate surface area is 205 Å². The highest BCUT2D eigenvalue weighted by atomic mass is 32.1. The number of rotatable bonds is 7. The number of H-pyrrole nitrogens is 1. The van der Waals surface area contributed by atoms with Crippen molar-refractivity contribution in [3.63, 3.8) is 0 Å². The number of anilines is 1. The van der Waals surface area contributed by atoms with Gasteiger partial charge in [-0.15, -0.1) is 0 Å². The predicted octanol–water partition coefficient (Wildman–Crippen LogP) is 6.14. The van der Waals surface area contributed by atoms with Gasteiger partial charge in [0, 0.05) is 23.7 Å². The molecule has 4 rings (SSSR count). The molecule has 2 aromatic carbocycles. The molecular weight excluding hydrogens is 475 g/mol. The van der Waals surface area contributed by atoms with Gasteiger partial charge in [-0.2, -0.15) is 13.2 Å². The van der Waals surface area contributed by atoms with Crippen LogP contribution in [0.1, 0.15) is 32.7 Å². The van der Waals surface area contributed by atoms with Crippen LogP contribution in [0.25, 0.3) is 11.0 Å². The van der Waals surface area contributed by atoms with E-state index in [2.05, 4.69) is 15.3 Å². The van der Waals surface area contributed by atoms with Crippen molar-refractivity contribution in [2.75, 3.05) is 12.4 Å². The summed E-state index contributed by atoms with van der Waals surface area (Å²) in [6.45, 7) is 0. The zero-order valence-corrected chi connectivity index (χ0v) is 19.6. The van der Waals surface area contributed by atoms with E-state index in [0.29, 0.717) is 21.9 Å². The van der Waals surface area contributed by atoms with Crippen LogP contribution in [0.3, 0.4) is 0 Å². The Bertz CT molecular complexity index is 1380. The smallest absolute Gasteiger partial charge is 0.416 e. The van der Waals surface area contributed by atoms with Crippen molar-refractivity contribution < 1.29 is 22.7 Å². The van der Waals surface area contributed by atoms with Crippen LogP contribution in [0.4, 0.5) is 18.9 Å². The van der Waals surface area contributed by atoms with Gasteiger partial charge in [0.25, 0.3) is 0 Å². The van der Waals surface area contributed by atoms with Gasteiger partial charge in [0.2, 0.25) is 0 Å². The number of methoxy groups -OCH3 is 1. The number of pyridine rings is 1. The predicted molar refractivity (Wildman–Crippen MR) is 133 cm³/mol. The summed E-state index contributed by atoms with van der Waals surface area (Å²) in [5, 5.41) is 3.95. The molecule has 0 aliphatic rings. The second-order valence-corrected chi connectivity index (χ2v) is 8.57. The van der Waals surface area contributed by atoms with Crippen molar-refractivity contribution in [2.45, 2.75) is 25.4 Å². The number of fused-ring (bicyclic) bond motifs is 1. The fourth-order valence-electron chi connectivity index (χ4n) is 3.76. The molecule has 2 heterocycles. The largest absolute Gasteiger partial charge is 0.464 e. The van der Waals surface area contributed by atoms with Crippen molar-refractivity contribution in [3.8, 4) is 0 Å². The third-order valence-corrected chi connectivity index (χ3v) is 5.71. The van der Waals surface area contributed by atoms with Gasteiger partial charge >= 0.3 is 12.1 Å². The Hall–Kier alpha value is -3.72. The molecule has 0 aliphatic carbocycles. The van der Waals surface area contributed by atoms with Crippen LogP contribution in [-0.2, 0) is 30.2 Å². The molecule has 0 fully saturated rings. The van der Waals surface area contributed by atoms with Gasteiger partial charge in [-0.1, -0.05) is 42.5 Å². The Morgan fingerprint density at radius 3 is 2.54 bits per heavy atom. The number of carbonyl (C=O) groups is 1. The van der Waals surface area contributed by atoms with Gasteiger partial charge in [0.1, 0.15) is 11.3 Å². The summed E-state index contributed by atoms with van der Waals surface area (Å²) in [6, 6.07) is 16.6. The normalized spacial score (nSPS) is 11.4. The first-order valence-corrected chi connectivity index (χ1v) is 11.2. The summed E-state index contributed by atoms with van der Waals surface area (Å²) in [5.41, 5.74) is 3.65. The molecule has 0 radical (unpaired) electrons. The standard InChI is InChI=1S/C26H22F3N3O2S/c1-34-25(33)22-14-19-10-18(15-30-24(19)32-22)9-8-16-4-3-7-21(12-16)31-23(35)13-17-5-2-6-20(11-17)26(27,28)29/h2-7,10-12,14-15H,8-9,13H2,1H3,(H,30,32)(H,31,35). The van der Waals surface area contributed by atoms with E-state index < -0.39 is 17.7 Å². The fraction of sp³-hybridized carbons (Fsp3) is 0.192. The number of nitrogens with zero attached hydrogens (tertiary/aromatic N) is 1. The maximum Gasteiger partial charge on any atom is 0.416 e. The van der Waals surface area contributed by atoms with E-state index in [9.17, 15) is 18.0 Å². The monoisotopic (exact) mass is 497 g/mol. The van der Waals surface area contributed by atoms with E-state index in [1.54, 1.807) is 18.3 Å². The minimum absolute atomic E-state index is 0.208. The molecule has 35 heavy (non-hydrogen) atoms. The highest BCUT2D eigenvalue weighted by Crippen LogP contribution is 2.29. The van der Waals surface area contributed by atoms with E-state index in [1.807, 2.05) is 30.3 Å². The first kappa shape index (κ1) is 24.4. The number of aromatic nitrogens is 2. The summed E-state index contributed by atoms with van der Waals surface area (Å²) in [6.07, 6.45) is -0.924. The van der Waals surface area contributed by atoms with Crippen LogP contribution in [0.5, 0.6) is 0 Å². The number of halogens is 3. The SMILES string of the molecule is COC(=O)c1cc2cc(CCc3cccc(NC(=S)Cc4cccc(C(F)(F)F)c4)c3)cnc2[nH]1. The maximum atomic E-state index is 12.9. The molecule has 0 spiro atoms. The van der Waals surface area contributed by atoms with E-state index in [4.69, 9.17) is 17.0 Å². The van der Waals surface area contributed by atoms with Gasteiger partial charge in [0.05, 0.1) is 17.7 Å². The molecule has 5 nitrogen and oxygen atoms in total. The second-order valence-electron chi connectivity index (χ2n) is 8.08. The number of ether oxygens (including phenoxy) is 1. The zero-order chi connectivity index (χ0) is 25.0. The van der Waals surface area contributed by atoms with Crippen molar-refractivity contribution in [3.05, 3.63) is 94.8 Å². The molecule has 2 aromatic heterocycles. The summed E-state index contributed by atoms with van der Waals surface area (Å²) in [5.74, 6) is -0.445. The average molecular weight is 498 g/mol. The lowest BCUT2D eigenvalue weighted by molar-refractivity contribution is -0.137. The number of benzene rings is 2. The lowest BCUT2D eigenvalue weighted by Crippen LogP contribution is -2.13. The molecular formula is C26H22F3N3O2S. The van der Waals surface area contributed by atoms with Gasteiger partial charge in [-0.05, 0) is 59.9 Å². The van der Waals surface area contributed by atoms with Crippen molar-refractivity contribution in [1.29, 1.82) is 0 Å². The summed E-state index contributed by atoms with van der Waals surface area (Å²) < 4.78 is 43.6. The van der Waals surface area contributed by atoms with Crippen molar-refractivity contribution in [2.24, 2.45) is 0 Å². The van der Waals surface area contributed by atoms with Crippen LogP contribution in [0.15, 0.2) is 66.9 Å². The molecule has 0 amide bonds. The lowest BCUT2D eigenvalue weighted by Gasteiger charge is -2.12. The Balaban J connectivity index is 1.37. The highest BCUT2D eigenvalue weighted by molar-refractivity contribution is 7.80. The molecule has 0 bridgehead atoms. The van der Waals surface area contributed by atoms with E-state index in [1.165, 1.54) is 13.2 Å². The molecule has 0 unspecified atom stereocenters. The third-order valence-electron chi connectivity index (χ3n) is 5.46. The quantitative estimate of drug-likeness (QED) is 0.237. The number of aryl methyl sites for hydroxylation is 2. The Kier molecular flexibility index (Phi) is 7.16. The number of carbonyl (C=O) groups excluding carboxylic acids is 1. The number of thiocarbonyl (C=S) groups is 1. The van der Waals surface area contributed by atoms with Crippen molar-refractivity contribution >= 4 is 39.9 Å².